The van der Waals surface area contributed by atoms with E-state index in [1.807, 2.05) is 0 Å². The molecular formula is C14H17N3O4S2. The lowest BCUT2D eigenvalue weighted by atomic mass is 10.2. The molecule has 1 aliphatic rings. The molecule has 7 nitrogen and oxygen atoms in total. The van der Waals surface area contributed by atoms with Crippen molar-refractivity contribution < 1.29 is 17.7 Å². The highest BCUT2D eigenvalue weighted by Gasteiger charge is 2.39. The SMILES string of the molecule is Cc1cc(CNC(=O)C2CCCN2S(=O)(=O)c2cccs2)on1. The van der Waals surface area contributed by atoms with E-state index in [0.29, 0.717) is 25.1 Å². The molecule has 0 bridgehead atoms. The molecule has 23 heavy (non-hydrogen) atoms. The molecular weight excluding hydrogens is 338 g/mol. The second-order valence-corrected chi connectivity index (χ2v) is 8.42. The topological polar surface area (TPSA) is 92.5 Å². The largest absolute Gasteiger partial charge is 0.359 e. The van der Waals surface area contributed by atoms with E-state index in [1.54, 1.807) is 30.5 Å². The summed E-state index contributed by atoms with van der Waals surface area (Å²) in [5.41, 5.74) is 0.733. The number of amides is 1. The molecule has 1 unspecified atom stereocenters. The number of hydrogen-bond acceptors (Lipinski definition) is 6. The lowest BCUT2D eigenvalue weighted by molar-refractivity contribution is -0.124. The van der Waals surface area contributed by atoms with Crippen LogP contribution in [0.1, 0.15) is 24.3 Å². The van der Waals surface area contributed by atoms with Crippen LogP contribution in [0.2, 0.25) is 0 Å². The van der Waals surface area contributed by atoms with Gasteiger partial charge in [-0.05, 0) is 31.2 Å². The monoisotopic (exact) mass is 355 g/mol. The first-order valence-corrected chi connectivity index (χ1v) is 9.56. The van der Waals surface area contributed by atoms with Gasteiger partial charge >= 0.3 is 0 Å². The molecule has 0 saturated carbocycles. The zero-order valence-electron chi connectivity index (χ0n) is 12.6. The maximum atomic E-state index is 12.6. The second-order valence-electron chi connectivity index (χ2n) is 5.36. The summed E-state index contributed by atoms with van der Waals surface area (Å²) in [5, 5.41) is 8.19. The maximum Gasteiger partial charge on any atom is 0.253 e. The van der Waals surface area contributed by atoms with Gasteiger partial charge < -0.3 is 9.84 Å². The Balaban J connectivity index is 1.70. The van der Waals surface area contributed by atoms with Crippen molar-refractivity contribution in [2.24, 2.45) is 0 Å². The molecule has 0 aromatic carbocycles. The molecule has 2 aromatic heterocycles. The quantitative estimate of drug-likeness (QED) is 0.878. The van der Waals surface area contributed by atoms with E-state index in [0.717, 1.165) is 17.0 Å². The van der Waals surface area contributed by atoms with E-state index in [4.69, 9.17) is 4.52 Å². The van der Waals surface area contributed by atoms with Crippen molar-refractivity contribution in [3.05, 3.63) is 35.0 Å². The van der Waals surface area contributed by atoms with Gasteiger partial charge in [-0.15, -0.1) is 11.3 Å². The van der Waals surface area contributed by atoms with Crippen LogP contribution in [0.3, 0.4) is 0 Å². The summed E-state index contributed by atoms with van der Waals surface area (Å²) in [4.78, 5) is 12.4. The Bertz CT molecular complexity index is 783. The number of thiophene rings is 1. The van der Waals surface area contributed by atoms with Gasteiger partial charge in [0.15, 0.2) is 5.76 Å². The van der Waals surface area contributed by atoms with Crippen LogP contribution in [0.15, 0.2) is 32.3 Å². The molecule has 1 saturated heterocycles. The van der Waals surface area contributed by atoms with E-state index in [1.165, 1.54) is 4.31 Å². The predicted molar refractivity (Wildman–Crippen MR) is 84.3 cm³/mol. The van der Waals surface area contributed by atoms with Crippen molar-refractivity contribution in [2.75, 3.05) is 6.54 Å². The number of hydrogen-bond donors (Lipinski definition) is 1. The second kappa shape index (κ2) is 6.42. The van der Waals surface area contributed by atoms with Gasteiger partial charge in [-0.3, -0.25) is 4.79 Å². The van der Waals surface area contributed by atoms with Crippen LogP contribution in [0.5, 0.6) is 0 Å². The normalized spacial score (nSPS) is 19.1. The van der Waals surface area contributed by atoms with E-state index < -0.39 is 16.1 Å². The number of nitrogens with zero attached hydrogens (tertiary/aromatic N) is 2. The Morgan fingerprint density at radius 3 is 3.04 bits per heavy atom. The average molecular weight is 355 g/mol. The molecule has 3 rings (SSSR count). The molecule has 1 fully saturated rings. The summed E-state index contributed by atoms with van der Waals surface area (Å²) in [6, 6.07) is 4.31. The number of carbonyl (C=O) groups is 1. The first-order chi connectivity index (χ1) is 11.0. The predicted octanol–water partition coefficient (Wildman–Crippen LogP) is 1.51. The highest BCUT2D eigenvalue weighted by molar-refractivity contribution is 7.91. The van der Waals surface area contributed by atoms with Crippen LogP contribution in [0, 0.1) is 6.92 Å². The maximum absolute atomic E-state index is 12.6. The molecule has 3 heterocycles. The van der Waals surface area contributed by atoms with Crippen molar-refractivity contribution >= 4 is 27.3 Å². The van der Waals surface area contributed by atoms with Crippen molar-refractivity contribution in [3.8, 4) is 0 Å². The highest BCUT2D eigenvalue weighted by Crippen LogP contribution is 2.28. The molecule has 1 amide bonds. The van der Waals surface area contributed by atoms with Crippen LogP contribution < -0.4 is 5.32 Å². The smallest absolute Gasteiger partial charge is 0.253 e. The molecule has 0 spiro atoms. The van der Waals surface area contributed by atoms with Gasteiger partial charge in [0.05, 0.1) is 12.2 Å². The van der Waals surface area contributed by atoms with E-state index in [-0.39, 0.29) is 16.7 Å². The molecule has 0 aliphatic carbocycles. The summed E-state index contributed by atoms with van der Waals surface area (Å²) in [6.07, 6.45) is 1.19. The molecule has 1 atom stereocenters. The van der Waals surface area contributed by atoms with Gasteiger partial charge in [0.2, 0.25) is 5.91 Å². The van der Waals surface area contributed by atoms with Crippen molar-refractivity contribution in [1.82, 2.24) is 14.8 Å². The number of aromatic nitrogens is 1. The van der Waals surface area contributed by atoms with Gasteiger partial charge in [-0.2, -0.15) is 4.31 Å². The summed E-state index contributed by atoms with van der Waals surface area (Å²) in [7, 11) is -3.61. The highest BCUT2D eigenvalue weighted by atomic mass is 32.2. The Kier molecular flexibility index (Phi) is 4.51. The lowest BCUT2D eigenvalue weighted by Gasteiger charge is -2.22. The third kappa shape index (κ3) is 3.31. The number of nitrogens with one attached hydrogen (secondary N) is 1. The summed E-state index contributed by atoms with van der Waals surface area (Å²) in [6.45, 7) is 2.35. The molecule has 0 radical (unpaired) electrons. The van der Waals surface area contributed by atoms with Gasteiger partial charge in [0.25, 0.3) is 10.0 Å². The summed E-state index contributed by atoms with van der Waals surface area (Å²) in [5.74, 6) is 0.234. The number of aryl methyl sites for hydroxylation is 1. The van der Waals surface area contributed by atoms with Crippen LogP contribution in [0.25, 0.3) is 0 Å². The first kappa shape index (κ1) is 16.2. The molecule has 1 N–H and O–H groups in total. The fourth-order valence-corrected chi connectivity index (χ4v) is 5.38. The molecule has 2 aromatic rings. The fraction of sp³-hybridized carbons (Fsp3) is 0.429. The van der Waals surface area contributed by atoms with Crippen LogP contribution in [-0.4, -0.2) is 36.4 Å². The molecule has 124 valence electrons. The summed E-state index contributed by atoms with van der Waals surface area (Å²) < 4.78 is 31.8. The third-order valence-corrected chi connectivity index (χ3v) is 6.96. The van der Waals surface area contributed by atoms with Crippen LogP contribution in [-0.2, 0) is 21.4 Å². The van der Waals surface area contributed by atoms with Gasteiger partial charge in [-0.25, -0.2) is 8.42 Å². The minimum absolute atomic E-state index is 0.197. The Morgan fingerprint density at radius 2 is 2.39 bits per heavy atom. The van der Waals surface area contributed by atoms with Crippen molar-refractivity contribution in [1.29, 1.82) is 0 Å². The Labute approximate surface area is 138 Å². The average Bonchev–Trinajstić information content (AvgIpc) is 3.25. The molecule has 1 aliphatic heterocycles. The number of sulfonamides is 1. The van der Waals surface area contributed by atoms with E-state index in [2.05, 4.69) is 10.5 Å². The third-order valence-electron chi connectivity index (χ3n) is 3.68. The Morgan fingerprint density at radius 1 is 1.57 bits per heavy atom. The standard InChI is InChI=1S/C14H17N3O4S2/c1-10-8-11(21-16-10)9-15-14(18)12-4-2-6-17(12)23(19,20)13-5-3-7-22-13/h3,5,7-8,12H,2,4,6,9H2,1H3,(H,15,18). The zero-order chi connectivity index (χ0) is 16.4. The number of rotatable bonds is 5. The van der Waals surface area contributed by atoms with Gasteiger partial charge in [-0.1, -0.05) is 11.2 Å². The van der Waals surface area contributed by atoms with Crippen molar-refractivity contribution in [3.63, 3.8) is 0 Å². The van der Waals surface area contributed by atoms with Crippen molar-refractivity contribution in [2.45, 2.75) is 36.6 Å². The minimum Gasteiger partial charge on any atom is -0.359 e. The number of carbonyl (C=O) groups excluding carboxylic acids is 1. The first-order valence-electron chi connectivity index (χ1n) is 7.24. The van der Waals surface area contributed by atoms with Gasteiger partial charge in [0.1, 0.15) is 10.3 Å². The van der Waals surface area contributed by atoms with E-state index >= 15 is 0 Å². The molecule has 9 heteroatoms. The lowest BCUT2D eigenvalue weighted by Crippen LogP contribution is -2.45. The fourth-order valence-electron chi connectivity index (χ4n) is 2.61. The van der Waals surface area contributed by atoms with E-state index in [9.17, 15) is 13.2 Å². The minimum atomic E-state index is -3.61. The van der Waals surface area contributed by atoms with Crippen LogP contribution in [0.4, 0.5) is 0 Å². The zero-order valence-corrected chi connectivity index (χ0v) is 14.2. The Hall–Kier alpha value is -1.71. The van der Waals surface area contributed by atoms with Crippen LogP contribution >= 0.6 is 11.3 Å². The van der Waals surface area contributed by atoms with Gasteiger partial charge in [0, 0.05) is 12.6 Å². The summed E-state index contributed by atoms with van der Waals surface area (Å²) >= 11 is 1.16.